The summed E-state index contributed by atoms with van der Waals surface area (Å²) in [7, 11) is 0. The third-order valence-corrected chi connectivity index (χ3v) is 5.11. The van der Waals surface area contributed by atoms with Crippen LogP contribution in [0.15, 0.2) is 58.4 Å². The van der Waals surface area contributed by atoms with Gasteiger partial charge in [-0.3, -0.25) is 4.79 Å². The topological polar surface area (TPSA) is 32.7 Å². The normalized spacial score (nSPS) is 18.5. The van der Waals surface area contributed by atoms with Gasteiger partial charge in [-0.25, -0.2) is 0 Å². The molecule has 0 aromatic heterocycles. The molecule has 23 heavy (non-hydrogen) atoms. The lowest BCUT2D eigenvalue weighted by molar-refractivity contribution is -0.113. The number of hydrogen-bond donors (Lipinski definition) is 0. The Bertz CT molecular complexity index is 837. The molecule has 2 aliphatic rings. The molecule has 1 amide bonds. The molecule has 0 unspecified atom stereocenters. The molecule has 3 nitrogen and oxygen atoms in total. The van der Waals surface area contributed by atoms with E-state index in [1.807, 2.05) is 24.3 Å². The maximum absolute atomic E-state index is 12.2. The average molecular weight is 320 g/mol. The van der Waals surface area contributed by atoms with Crippen LogP contribution in [0.25, 0.3) is 6.08 Å². The lowest BCUT2D eigenvalue weighted by atomic mass is 10.1. The summed E-state index contributed by atoms with van der Waals surface area (Å²) in [6, 6.07) is 16.5. The molecule has 114 valence electrons. The first kappa shape index (κ1) is 14.3. The summed E-state index contributed by atoms with van der Waals surface area (Å²) in [4.78, 5) is 19.3. The van der Waals surface area contributed by atoms with Crippen LogP contribution in [0.1, 0.15) is 16.7 Å². The first-order valence-electron chi connectivity index (χ1n) is 7.65. The van der Waals surface area contributed by atoms with Crippen LogP contribution in [0, 0.1) is 6.92 Å². The first-order valence-corrected chi connectivity index (χ1v) is 8.47. The molecule has 0 saturated carbocycles. The van der Waals surface area contributed by atoms with Crippen molar-refractivity contribution in [2.75, 3.05) is 11.4 Å². The van der Waals surface area contributed by atoms with Crippen LogP contribution in [-0.2, 0) is 11.2 Å². The molecule has 0 saturated heterocycles. The molecule has 0 fully saturated rings. The minimum absolute atomic E-state index is 0.144. The van der Waals surface area contributed by atoms with Gasteiger partial charge in [-0.2, -0.15) is 4.99 Å². The summed E-state index contributed by atoms with van der Waals surface area (Å²) in [5.41, 5.74) is 4.73. The predicted molar refractivity (Wildman–Crippen MR) is 96.7 cm³/mol. The van der Waals surface area contributed by atoms with E-state index in [0.717, 1.165) is 23.7 Å². The number of aryl methyl sites for hydroxylation is 1. The Morgan fingerprint density at radius 1 is 1.13 bits per heavy atom. The Hall–Kier alpha value is -2.33. The minimum atomic E-state index is -0.144. The molecule has 0 N–H and O–H groups in total. The Morgan fingerprint density at radius 2 is 1.91 bits per heavy atom. The van der Waals surface area contributed by atoms with Crippen LogP contribution < -0.4 is 4.90 Å². The van der Waals surface area contributed by atoms with Gasteiger partial charge in [-0.1, -0.05) is 48.0 Å². The van der Waals surface area contributed by atoms with Crippen molar-refractivity contribution in [3.8, 4) is 0 Å². The molecule has 0 radical (unpaired) electrons. The number of aliphatic imine (C=N–C) groups is 1. The summed E-state index contributed by atoms with van der Waals surface area (Å²) >= 11 is 1.47. The van der Waals surface area contributed by atoms with E-state index in [0.29, 0.717) is 4.91 Å². The molecule has 4 rings (SSSR count). The van der Waals surface area contributed by atoms with E-state index in [4.69, 9.17) is 0 Å². The van der Waals surface area contributed by atoms with E-state index in [1.54, 1.807) is 0 Å². The van der Waals surface area contributed by atoms with Gasteiger partial charge in [0.25, 0.3) is 5.91 Å². The number of anilines is 1. The zero-order chi connectivity index (χ0) is 15.8. The van der Waals surface area contributed by atoms with Crippen molar-refractivity contribution in [1.82, 2.24) is 0 Å². The van der Waals surface area contributed by atoms with Gasteiger partial charge >= 0.3 is 0 Å². The molecular weight excluding hydrogens is 304 g/mol. The number of carbonyl (C=O) groups excluding carboxylic acids is 1. The van der Waals surface area contributed by atoms with Crippen LogP contribution in [0.5, 0.6) is 0 Å². The van der Waals surface area contributed by atoms with Gasteiger partial charge in [-0.05, 0) is 48.4 Å². The van der Waals surface area contributed by atoms with Gasteiger partial charge in [0.2, 0.25) is 0 Å². The second-order valence-corrected chi connectivity index (χ2v) is 6.76. The number of nitrogens with zero attached hydrogens (tertiary/aromatic N) is 2. The smallest absolute Gasteiger partial charge is 0.286 e. The number of amidine groups is 1. The largest absolute Gasteiger partial charge is 0.320 e. The third-order valence-electron chi connectivity index (χ3n) is 4.10. The van der Waals surface area contributed by atoms with E-state index in [-0.39, 0.29) is 5.91 Å². The predicted octanol–water partition coefficient (Wildman–Crippen LogP) is 4.03. The summed E-state index contributed by atoms with van der Waals surface area (Å²) in [6.45, 7) is 2.94. The Kier molecular flexibility index (Phi) is 3.54. The minimum Gasteiger partial charge on any atom is -0.320 e. The molecule has 0 atom stereocenters. The van der Waals surface area contributed by atoms with Gasteiger partial charge in [0.1, 0.15) is 0 Å². The highest BCUT2D eigenvalue weighted by atomic mass is 32.2. The number of amides is 1. The van der Waals surface area contributed by atoms with Crippen molar-refractivity contribution in [1.29, 1.82) is 0 Å². The number of carbonyl (C=O) groups is 1. The van der Waals surface area contributed by atoms with Gasteiger partial charge in [-0.15, -0.1) is 0 Å². The Morgan fingerprint density at radius 3 is 2.74 bits per heavy atom. The van der Waals surface area contributed by atoms with Crippen LogP contribution >= 0.6 is 11.8 Å². The van der Waals surface area contributed by atoms with E-state index in [9.17, 15) is 4.79 Å². The zero-order valence-electron chi connectivity index (χ0n) is 12.8. The van der Waals surface area contributed by atoms with Crippen LogP contribution in [0.3, 0.4) is 0 Å². The lowest BCUT2D eigenvalue weighted by Crippen LogP contribution is -2.24. The number of fused-ring (bicyclic) bond motifs is 1. The summed E-state index contributed by atoms with van der Waals surface area (Å²) in [5.74, 6) is -0.144. The first-order chi connectivity index (χ1) is 11.2. The van der Waals surface area contributed by atoms with E-state index in [2.05, 4.69) is 47.1 Å². The molecule has 4 heteroatoms. The van der Waals surface area contributed by atoms with E-state index in [1.165, 1.54) is 28.6 Å². The van der Waals surface area contributed by atoms with Crippen LogP contribution in [-0.4, -0.2) is 17.6 Å². The lowest BCUT2D eigenvalue weighted by Gasteiger charge is -2.17. The van der Waals surface area contributed by atoms with Crippen LogP contribution in [0.2, 0.25) is 0 Å². The average Bonchev–Trinajstić information content (AvgIpc) is 3.13. The van der Waals surface area contributed by atoms with Crippen LogP contribution in [0.4, 0.5) is 5.69 Å². The van der Waals surface area contributed by atoms with Gasteiger partial charge in [0, 0.05) is 12.2 Å². The molecule has 2 aromatic rings. The zero-order valence-corrected chi connectivity index (χ0v) is 13.6. The van der Waals surface area contributed by atoms with E-state index >= 15 is 0 Å². The molecule has 2 heterocycles. The third kappa shape index (κ3) is 2.70. The number of benzene rings is 2. The van der Waals surface area contributed by atoms with E-state index < -0.39 is 0 Å². The Balaban J connectivity index is 1.59. The summed E-state index contributed by atoms with van der Waals surface area (Å²) < 4.78 is 0. The maximum Gasteiger partial charge on any atom is 0.286 e. The van der Waals surface area contributed by atoms with Crippen molar-refractivity contribution < 1.29 is 4.79 Å². The monoisotopic (exact) mass is 320 g/mol. The second kappa shape index (κ2) is 5.70. The van der Waals surface area contributed by atoms with Crippen molar-refractivity contribution >= 4 is 34.6 Å². The van der Waals surface area contributed by atoms with Crippen molar-refractivity contribution in [2.45, 2.75) is 13.3 Å². The quantitative estimate of drug-likeness (QED) is 0.744. The molecule has 2 aromatic carbocycles. The summed E-state index contributed by atoms with van der Waals surface area (Å²) in [5, 5.41) is 0.790. The van der Waals surface area contributed by atoms with Crippen molar-refractivity contribution in [3.05, 3.63) is 70.1 Å². The number of thioether (sulfide) groups is 1. The number of hydrogen-bond acceptors (Lipinski definition) is 3. The summed E-state index contributed by atoms with van der Waals surface area (Å²) in [6.07, 6.45) is 2.92. The second-order valence-electron chi connectivity index (χ2n) is 5.75. The van der Waals surface area contributed by atoms with Crippen molar-refractivity contribution in [2.24, 2.45) is 4.99 Å². The fraction of sp³-hybridized carbons (Fsp3) is 0.158. The standard InChI is InChI=1S/C19H16N2OS/c1-13-6-8-14(9-7-13)12-17-18(22)20-19(23-17)21-11-10-15-4-2-3-5-16(15)21/h2-9,12H,10-11H2,1H3/b17-12-. The highest BCUT2D eigenvalue weighted by molar-refractivity contribution is 8.18. The van der Waals surface area contributed by atoms with Gasteiger partial charge in [0.05, 0.1) is 4.91 Å². The highest BCUT2D eigenvalue weighted by Gasteiger charge is 2.30. The molecule has 0 bridgehead atoms. The highest BCUT2D eigenvalue weighted by Crippen LogP contribution is 2.36. The van der Waals surface area contributed by atoms with Crippen molar-refractivity contribution in [3.63, 3.8) is 0 Å². The maximum atomic E-state index is 12.2. The fourth-order valence-electron chi connectivity index (χ4n) is 2.86. The number of rotatable bonds is 1. The molecule has 2 aliphatic heterocycles. The Labute approximate surface area is 139 Å². The van der Waals surface area contributed by atoms with Gasteiger partial charge in [0.15, 0.2) is 5.17 Å². The fourth-order valence-corrected chi connectivity index (χ4v) is 3.82. The number of para-hydroxylation sites is 1. The molecule has 0 spiro atoms. The molecular formula is C19H16N2OS. The SMILES string of the molecule is Cc1ccc(/C=C2\SC(N3CCc4ccccc43)=NC2=O)cc1. The molecule has 0 aliphatic carbocycles. The van der Waals surface area contributed by atoms with Gasteiger partial charge < -0.3 is 4.90 Å².